The monoisotopic (exact) mass is 208 g/mol. The molecule has 0 radical (unpaired) electrons. The van der Waals surface area contributed by atoms with Crippen molar-refractivity contribution in [1.29, 1.82) is 0 Å². The summed E-state index contributed by atoms with van der Waals surface area (Å²) in [5.74, 6) is 0. The first-order chi connectivity index (χ1) is 6.74. The summed E-state index contributed by atoms with van der Waals surface area (Å²) in [5.41, 5.74) is 9.08. The van der Waals surface area contributed by atoms with Crippen molar-refractivity contribution in [2.75, 3.05) is 6.54 Å². The molecule has 3 heteroatoms. The molecule has 0 aliphatic carbocycles. The molecule has 0 saturated carbocycles. The third kappa shape index (κ3) is 1.41. The van der Waals surface area contributed by atoms with Crippen molar-refractivity contribution in [3.05, 3.63) is 34.5 Å². The second kappa shape index (κ2) is 3.64. The topological polar surface area (TPSA) is 41.8 Å². The maximum absolute atomic E-state index is 6.15. The third-order valence-electron chi connectivity index (χ3n) is 2.48. The number of nitrogens with one attached hydrogen (secondary N) is 1. The highest BCUT2D eigenvalue weighted by Gasteiger charge is 2.09. The van der Waals surface area contributed by atoms with Crippen LogP contribution in [-0.4, -0.2) is 11.5 Å². The summed E-state index contributed by atoms with van der Waals surface area (Å²) in [6.07, 6.45) is 0.871. The summed E-state index contributed by atoms with van der Waals surface area (Å²) < 4.78 is 0. The summed E-state index contributed by atoms with van der Waals surface area (Å²) in [4.78, 5) is 3.31. The van der Waals surface area contributed by atoms with Crippen LogP contribution in [0.4, 0.5) is 0 Å². The van der Waals surface area contributed by atoms with Gasteiger partial charge in [0.1, 0.15) is 0 Å². The molecule has 0 aliphatic heterocycles. The van der Waals surface area contributed by atoms with Crippen molar-refractivity contribution in [3.8, 4) is 0 Å². The molecule has 1 aromatic carbocycles. The molecule has 3 N–H and O–H groups in total. The summed E-state index contributed by atoms with van der Waals surface area (Å²) >= 11 is 6.15. The van der Waals surface area contributed by atoms with Crippen LogP contribution in [-0.2, 0) is 6.42 Å². The molecular formula is C11H13ClN2. The minimum Gasteiger partial charge on any atom is -0.358 e. The number of aromatic amines is 1. The number of fused-ring (bicyclic) bond motifs is 1. The molecule has 0 unspecified atom stereocenters. The number of benzene rings is 1. The lowest BCUT2D eigenvalue weighted by molar-refractivity contribution is 0.963. The van der Waals surface area contributed by atoms with E-state index in [1.807, 2.05) is 18.2 Å². The molecule has 14 heavy (non-hydrogen) atoms. The van der Waals surface area contributed by atoms with Crippen LogP contribution < -0.4 is 5.73 Å². The van der Waals surface area contributed by atoms with Gasteiger partial charge < -0.3 is 10.7 Å². The highest BCUT2D eigenvalue weighted by molar-refractivity contribution is 6.35. The lowest BCUT2D eigenvalue weighted by atomic mass is 10.1. The van der Waals surface area contributed by atoms with Crippen molar-refractivity contribution in [2.45, 2.75) is 13.3 Å². The number of hydrogen-bond acceptors (Lipinski definition) is 1. The van der Waals surface area contributed by atoms with Crippen LogP contribution in [0.2, 0.25) is 5.02 Å². The van der Waals surface area contributed by atoms with Crippen molar-refractivity contribution in [3.63, 3.8) is 0 Å². The van der Waals surface area contributed by atoms with Crippen molar-refractivity contribution in [2.24, 2.45) is 5.73 Å². The van der Waals surface area contributed by atoms with Gasteiger partial charge in [-0.05, 0) is 37.6 Å². The Morgan fingerprint density at radius 2 is 2.21 bits per heavy atom. The van der Waals surface area contributed by atoms with E-state index in [-0.39, 0.29) is 0 Å². The maximum atomic E-state index is 6.15. The molecule has 2 rings (SSSR count). The Kier molecular flexibility index (Phi) is 2.48. The normalized spacial score (nSPS) is 11.1. The van der Waals surface area contributed by atoms with Crippen LogP contribution in [0, 0.1) is 6.92 Å². The van der Waals surface area contributed by atoms with E-state index in [0.29, 0.717) is 6.54 Å². The van der Waals surface area contributed by atoms with Crippen LogP contribution in [0.15, 0.2) is 18.2 Å². The fourth-order valence-electron chi connectivity index (χ4n) is 1.86. The second-order valence-corrected chi connectivity index (χ2v) is 3.84. The first kappa shape index (κ1) is 9.56. The average molecular weight is 209 g/mol. The minimum atomic E-state index is 0.652. The molecule has 74 valence electrons. The third-order valence-corrected chi connectivity index (χ3v) is 2.80. The molecule has 0 fully saturated rings. The zero-order valence-electron chi connectivity index (χ0n) is 8.10. The molecule has 2 aromatic rings. The molecule has 0 amide bonds. The Morgan fingerprint density at radius 3 is 2.93 bits per heavy atom. The number of nitrogens with two attached hydrogens (primary N) is 1. The predicted molar refractivity (Wildman–Crippen MR) is 60.8 cm³/mol. The summed E-state index contributed by atoms with van der Waals surface area (Å²) in [7, 11) is 0. The maximum Gasteiger partial charge on any atom is 0.0502 e. The quantitative estimate of drug-likeness (QED) is 0.783. The van der Waals surface area contributed by atoms with E-state index in [2.05, 4.69) is 11.9 Å². The lowest BCUT2D eigenvalue weighted by Gasteiger charge is -1.99. The van der Waals surface area contributed by atoms with Gasteiger partial charge in [0.05, 0.1) is 5.02 Å². The fourth-order valence-corrected chi connectivity index (χ4v) is 2.15. The smallest absolute Gasteiger partial charge is 0.0502 e. The van der Waals surface area contributed by atoms with Crippen molar-refractivity contribution >= 4 is 22.5 Å². The van der Waals surface area contributed by atoms with Crippen LogP contribution >= 0.6 is 11.6 Å². The van der Waals surface area contributed by atoms with E-state index in [4.69, 9.17) is 17.3 Å². The Labute approximate surface area is 88.1 Å². The Bertz CT molecular complexity index is 460. The Balaban J connectivity index is 2.73. The molecule has 0 atom stereocenters. The molecule has 2 nitrogen and oxygen atoms in total. The number of rotatable bonds is 2. The number of hydrogen-bond donors (Lipinski definition) is 2. The van der Waals surface area contributed by atoms with Gasteiger partial charge in [0.15, 0.2) is 0 Å². The van der Waals surface area contributed by atoms with Gasteiger partial charge in [-0.2, -0.15) is 0 Å². The summed E-state index contributed by atoms with van der Waals surface area (Å²) in [6.45, 7) is 2.71. The number of halogens is 1. The van der Waals surface area contributed by atoms with E-state index < -0.39 is 0 Å². The van der Waals surface area contributed by atoms with Crippen molar-refractivity contribution < 1.29 is 0 Å². The molecule has 0 spiro atoms. The SMILES string of the molecule is Cc1[nH]c2cccc(Cl)c2c1CCN. The van der Waals surface area contributed by atoms with Gasteiger partial charge in [-0.3, -0.25) is 0 Å². The van der Waals surface area contributed by atoms with E-state index in [9.17, 15) is 0 Å². The minimum absolute atomic E-state index is 0.652. The van der Waals surface area contributed by atoms with E-state index in [0.717, 1.165) is 22.3 Å². The molecule has 1 aromatic heterocycles. The van der Waals surface area contributed by atoms with Crippen LogP contribution in [0.3, 0.4) is 0 Å². The van der Waals surface area contributed by atoms with Gasteiger partial charge in [-0.15, -0.1) is 0 Å². The van der Waals surface area contributed by atoms with Gasteiger partial charge in [0.25, 0.3) is 0 Å². The molecular weight excluding hydrogens is 196 g/mol. The predicted octanol–water partition coefficient (Wildman–Crippen LogP) is 2.63. The first-order valence-electron chi connectivity index (χ1n) is 4.69. The largest absolute Gasteiger partial charge is 0.358 e. The van der Waals surface area contributed by atoms with Crippen molar-refractivity contribution in [1.82, 2.24) is 4.98 Å². The fraction of sp³-hybridized carbons (Fsp3) is 0.273. The van der Waals surface area contributed by atoms with Gasteiger partial charge in [-0.1, -0.05) is 17.7 Å². The standard InChI is InChI=1S/C11H13ClN2/c1-7-8(5-6-13)11-9(12)3-2-4-10(11)14-7/h2-4,14H,5-6,13H2,1H3. The van der Waals surface area contributed by atoms with Crippen LogP contribution in [0.5, 0.6) is 0 Å². The highest BCUT2D eigenvalue weighted by atomic mass is 35.5. The number of aromatic nitrogens is 1. The lowest BCUT2D eigenvalue weighted by Crippen LogP contribution is -2.03. The highest BCUT2D eigenvalue weighted by Crippen LogP contribution is 2.29. The number of H-pyrrole nitrogens is 1. The zero-order chi connectivity index (χ0) is 10.1. The van der Waals surface area contributed by atoms with Gasteiger partial charge in [0.2, 0.25) is 0 Å². The first-order valence-corrected chi connectivity index (χ1v) is 5.07. The van der Waals surface area contributed by atoms with E-state index >= 15 is 0 Å². The van der Waals surface area contributed by atoms with Gasteiger partial charge in [0, 0.05) is 16.6 Å². The van der Waals surface area contributed by atoms with Gasteiger partial charge >= 0.3 is 0 Å². The zero-order valence-corrected chi connectivity index (χ0v) is 8.86. The second-order valence-electron chi connectivity index (χ2n) is 3.43. The van der Waals surface area contributed by atoms with E-state index in [1.165, 1.54) is 11.3 Å². The van der Waals surface area contributed by atoms with E-state index in [1.54, 1.807) is 0 Å². The van der Waals surface area contributed by atoms with Gasteiger partial charge in [-0.25, -0.2) is 0 Å². The molecule has 0 saturated heterocycles. The molecule has 0 aliphatic rings. The van der Waals surface area contributed by atoms with Crippen LogP contribution in [0.25, 0.3) is 10.9 Å². The molecule has 1 heterocycles. The Hall–Kier alpha value is -0.990. The number of aryl methyl sites for hydroxylation is 1. The molecule has 0 bridgehead atoms. The summed E-state index contributed by atoms with van der Waals surface area (Å²) in [5, 5.41) is 1.92. The Morgan fingerprint density at radius 1 is 1.43 bits per heavy atom. The van der Waals surface area contributed by atoms with Crippen LogP contribution in [0.1, 0.15) is 11.3 Å². The average Bonchev–Trinajstić information content (AvgIpc) is 2.45. The summed E-state index contributed by atoms with van der Waals surface area (Å²) in [6, 6.07) is 5.90.